The highest BCUT2D eigenvalue weighted by molar-refractivity contribution is 7.47. The van der Waals surface area contributed by atoms with Gasteiger partial charge in [-0.05, 0) is 49.4 Å². The Kier molecular flexibility index (Phi) is 56.6. The summed E-state index contributed by atoms with van der Waals surface area (Å²) in [6.45, 7) is 14.0. The predicted octanol–water partition coefficient (Wildman–Crippen LogP) is 18.9. The summed E-state index contributed by atoms with van der Waals surface area (Å²) in [5.41, 5.74) is 0. The number of unbranched alkanes of at least 4 members (excludes halogenated alkanes) is 30. The molecule has 0 saturated carbocycles. The monoisotopic (exact) mass is 1280 g/mol. The molecule has 19 heteroatoms. The van der Waals surface area contributed by atoms with E-state index < -0.39 is 97.5 Å². The number of ether oxygens (including phenoxy) is 4. The molecule has 17 nitrogen and oxygen atoms in total. The van der Waals surface area contributed by atoms with Crippen LogP contribution < -0.4 is 0 Å². The molecule has 0 bridgehead atoms. The Morgan fingerprint density at radius 3 is 0.816 bits per heavy atom. The van der Waals surface area contributed by atoms with Crippen LogP contribution in [0.3, 0.4) is 0 Å². The summed E-state index contributed by atoms with van der Waals surface area (Å²) in [5, 5.41) is 10.6. The van der Waals surface area contributed by atoms with Gasteiger partial charge in [-0.3, -0.25) is 37.3 Å². The average Bonchev–Trinajstić information content (AvgIpc) is 3.62. The van der Waals surface area contributed by atoms with Crippen molar-refractivity contribution in [2.75, 3.05) is 39.6 Å². The number of carbonyl (C=O) groups is 4. The first kappa shape index (κ1) is 85.1. The molecule has 3 unspecified atom stereocenters. The van der Waals surface area contributed by atoms with Crippen LogP contribution in [0.15, 0.2) is 0 Å². The molecule has 0 radical (unpaired) electrons. The Morgan fingerprint density at radius 2 is 0.552 bits per heavy atom. The van der Waals surface area contributed by atoms with Gasteiger partial charge in [0.1, 0.15) is 19.3 Å². The second-order valence-electron chi connectivity index (χ2n) is 26.2. The minimum atomic E-state index is -4.95. The van der Waals surface area contributed by atoms with Crippen molar-refractivity contribution in [2.45, 2.75) is 350 Å². The van der Waals surface area contributed by atoms with Gasteiger partial charge in [0.25, 0.3) is 0 Å². The fourth-order valence-corrected chi connectivity index (χ4v) is 11.7. The molecular formula is C68H132O17P2. The lowest BCUT2D eigenvalue weighted by Gasteiger charge is -2.21. The predicted molar refractivity (Wildman–Crippen MR) is 349 cm³/mol. The third kappa shape index (κ3) is 61.3. The summed E-state index contributed by atoms with van der Waals surface area (Å²) in [6.07, 6.45) is 39.0. The minimum Gasteiger partial charge on any atom is -0.462 e. The summed E-state index contributed by atoms with van der Waals surface area (Å²) in [6, 6.07) is 0. The lowest BCUT2D eigenvalue weighted by Crippen LogP contribution is -2.30. The van der Waals surface area contributed by atoms with Crippen LogP contribution in [-0.2, 0) is 65.4 Å². The van der Waals surface area contributed by atoms with E-state index in [9.17, 15) is 43.2 Å². The highest BCUT2D eigenvalue weighted by atomic mass is 31.2. The number of carbonyl (C=O) groups excluding carboxylic acids is 4. The van der Waals surface area contributed by atoms with Gasteiger partial charge in [-0.25, -0.2) is 9.13 Å². The van der Waals surface area contributed by atoms with Gasteiger partial charge in [-0.2, -0.15) is 0 Å². The molecule has 87 heavy (non-hydrogen) atoms. The largest absolute Gasteiger partial charge is 0.472 e. The first-order valence-corrected chi connectivity index (χ1v) is 38.2. The minimum absolute atomic E-state index is 0.103. The second kappa shape index (κ2) is 57.9. The van der Waals surface area contributed by atoms with Gasteiger partial charge < -0.3 is 33.8 Å². The van der Waals surface area contributed by atoms with Gasteiger partial charge in [-0.15, -0.1) is 0 Å². The zero-order chi connectivity index (χ0) is 64.7. The van der Waals surface area contributed by atoms with Crippen LogP contribution in [0, 0.1) is 23.7 Å². The van der Waals surface area contributed by atoms with Crippen molar-refractivity contribution in [1.29, 1.82) is 0 Å². The molecule has 0 aromatic heterocycles. The van der Waals surface area contributed by atoms with Crippen molar-refractivity contribution in [3.8, 4) is 0 Å². The smallest absolute Gasteiger partial charge is 0.462 e. The van der Waals surface area contributed by atoms with E-state index >= 15 is 0 Å². The van der Waals surface area contributed by atoms with E-state index in [1.165, 1.54) is 128 Å². The zero-order valence-electron chi connectivity index (χ0n) is 56.6. The van der Waals surface area contributed by atoms with Gasteiger partial charge in [0, 0.05) is 25.7 Å². The summed E-state index contributed by atoms with van der Waals surface area (Å²) in [7, 11) is -9.90. The Bertz CT molecular complexity index is 1730. The molecule has 0 amide bonds. The first-order chi connectivity index (χ1) is 41.6. The third-order valence-corrected chi connectivity index (χ3v) is 17.8. The molecule has 0 rings (SSSR count). The number of hydrogen-bond acceptors (Lipinski definition) is 15. The molecule has 6 atom stereocenters. The second-order valence-corrected chi connectivity index (χ2v) is 29.1. The van der Waals surface area contributed by atoms with E-state index in [4.69, 9.17) is 37.0 Å². The van der Waals surface area contributed by atoms with Gasteiger partial charge in [0.2, 0.25) is 0 Å². The van der Waals surface area contributed by atoms with E-state index in [2.05, 4.69) is 55.4 Å². The van der Waals surface area contributed by atoms with Crippen LogP contribution in [0.1, 0.15) is 331 Å². The Morgan fingerprint density at radius 1 is 0.322 bits per heavy atom. The van der Waals surface area contributed by atoms with Gasteiger partial charge >= 0.3 is 39.5 Å². The van der Waals surface area contributed by atoms with Crippen LogP contribution >= 0.6 is 15.6 Å². The zero-order valence-corrected chi connectivity index (χ0v) is 58.4. The number of phosphoric ester groups is 2. The molecule has 0 heterocycles. The Balaban J connectivity index is 5.27. The van der Waals surface area contributed by atoms with Crippen LogP contribution in [-0.4, -0.2) is 96.7 Å². The number of esters is 4. The summed E-state index contributed by atoms with van der Waals surface area (Å²) < 4.78 is 68.2. The molecular weight excluding hydrogens is 1150 g/mol. The quantitative estimate of drug-likeness (QED) is 0.0222. The van der Waals surface area contributed by atoms with Gasteiger partial charge in [-0.1, -0.05) is 280 Å². The molecule has 3 N–H and O–H groups in total. The van der Waals surface area contributed by atoms with Gasteiger partial charge in [0.15, 0.2) is 12.2 Å². The first-order valence-electron chi connectivity index (χ1n) is 35.2. The summed E-state index contributed by atoms with van der Waals surface area (Å²) in [5.74, 6) is 0.825. The maximum atomic E-state index is 13.0. The third-order valence-electron chi connectivity index (χ3n) is 15.9. The van der Waals surface area contributed by atoms with Crippen molar-refractivity contribution in [3.05, 3.63) is 0 Å². The van der Waals surface area contributed by atoms with Gasteiger partial charge in [0.05, 0.1) is 26.4 Å². The van der Waals surface area contributed by atoms with Crippen molar-refractivity contribution < 1.29 is 80.2 Å². The average molecular weight is 1280 g/mol. The molecule has 0 aliphatic rings. The van der Waals surface area contributed by atoms with E-state index in [1.807, 2.05) is 0 Å². The van der Waals surface area contributed by atoms with Crippen molar-refractivity contribution in [2.24, 2.45) is 23.7 Å². The number of rotatable bonds is 65. The summed E-state index contributed by atoms with van der Waals surface area (Å²) in [4.78, 5) is 72.4. The molecule has 0 aromatic rings. The van der Waals surface area contributed by atoms with Crippen molar-refractivity contribution >= 4 is 39.5 Å². The molecule has 0 aliphatic heterocycles. The Hall–Kier alpha value is -1.94. The van der Waals surface area contributed by atoms with E-state index in [0.29, 0.717) is 25.7 Å². The fourth-order valence-electron chi connectivity index (χ4n) is 10.1. The number of phosphoric acid groups is 2. The van der Waals surface area contributed by atoms with E-state index in [1.54, 1.807) is 0 Å². The van der Waals surface area contributed by atoms with E-state index in [0.717, 1.165) is 120 Å². The van der Waals surface area contributed by atoms with Crippen LogP contribution in [0.4, 0.5) is 0 Å². The maximum Gasteiger partial charge on any atom is 0.472 e. The Labute approximate surface area is 530 Å². The van der Waals surface area contributed by atoms with Crippen LogP contribution in [0.25, 0.3) is 0 Å². The lowest BCUT2D eigenvalue weighted by molar-refractivity contribution is -0.161. The standard InChI is InChI=1S/C68H132O17P2/c1-9-61(8)47-39-31-26-27-33-41-49-66(71)79-55-64(85-68(73)51-43-35-25-19-18-22-30-38-46-60(6)7)57-83-87(76,77)81-53-62(69)52-80-86(74,75)82-56-63(84-67(72)50-42-34-24-17-13-11-15-21-29-37-45-59(4)5)54-78-65(70)48-40-32-23-16-12-10-14-20-28-36-44-58(2)3/h58-64,69H,9-57H2,1-8H3,(H,74,75)(H,76,77)/t61?,62-,63-,64-/m1/s1. The molecule has 0 aliphatic carbocycles. The molecule has 516 valence electrons. The number of aliphatic hydroxyl groups excluding tert-OH is 1. The molecule has 0 aromatic carbocycles. The lowest BCUT2D eigenvalue weighted by atomic mass is 10.00. The fraction of sp³-hybridized carbons (Fsp3) is 0.941. The molecule has 0 fully saturated rings. The number of aliphatic hydroxyl groups is 1. The van der Waals surface area contributed by atoms with Crippen molar-refractivity contribution in [3.63, 3.8) is 0 Å². The molecule has 0 saturated heterocycles. The van der Waals surface area contributed by atoms with Crippen LogP contribution in [0.2, 0.25) is 0 Å². The maximum absolute atomic E-state index is 13.0. The van der Waals surface area contributed by atoms with Crippen molar-refractivity contribution in [1.82, 2.24) is 0 Å². The SMILES string of the molecule is CCC(C)CCCCCCCCC(=O)OC[C@H](COP(=O)(O)OC[C@H](O)COP(=O)(O)OC[C@@H](COC(=O)CCCCCCCCCCCCC(C)C)OC(=O)CCCCCCCCCCCCC(C)C)OC(=O)CCCCCCCCCCC(C)C. The van der Waals surface area contributed by atoms with E-state index in [-0.39, 0.29) is 25.7 Å². The topological polar surface area (TPSA) is 237 Å². The highest BCUT2D eigenvalue weighted by Gasteiger charge is 2.30. The summed E-state index contributed by atoms with van der Waals surface area (Å²) >= 11 is 0. The highest BCUT2D eigenvalue weighted by Crippen LogP contribution is 2.45. The normalized spacial score (nSPS) is 14.6. The molecule has 0 spiro atoms. The van der Waals surface area contributed by atoms with Crippen LogP contribution in [0.5, 0.6) is 0 Å². The number of hydrogen-bond donors (Lipinski definition) is 3.